The fraction of sp³-hybridized carbons (Fsp3) is 0. The molecule has 0 radical (unpaired) electrons. The van der Waals surface area contributed by atoms with Crippen molar-refractivity contribution >= 4 is 44.3 Å². The van der Waals surface area contributed by atoms with Gasteiger partial charge in [0.1, 0.15) is 11.0 Å². The number of fused-ring (bicyclic) bond motifs is 6. The van der Waals surface area contributed by atoms with Crippen LogP contribution in [0.1, 0.15) is 0 Å². The molecule has 3 heteroatoms. The van der Waals surface area contributed by atoms with E-state index in [0.29, 0.717) is 0 Å². The molecule has 0 saturated heterocycles. The Morgan fingerprint density at radius 1 is 0.255 bits per heavy atom. The lowest BCUT2D eigenvalue weighted by molar-refractivity contribution is 1.55. The van der Waals surface area contributed by atoms with Crippen LogP contribution in [0.15, 0.2) is 170 Å². The average Bonchev–Trinajstić information content (AvgIpc) is 3.66. The summed E-state index contributed by atoms with van der Waals surface area (Å²) in [7, 11) is 0. The number of benzene rings is 8. The molecule has 0 aliphatic heterocycles. The third-order valence-electron chi connectivity index (χ3n) is 9.11. The Kier molecular flexibility index (Phi) is 6.69. The highest BCUT2D eigenvalue weighted by molar-refractivity contribution is 7.00. The van der Waals surface area contributed by atoms with Gasteiger partial charge in [0.2, 0.25) is 0 Å². The van der Waals surface area contributed by atoms with Crippen LogP contribution in [0.25, 0.3) is 88.2 Å². The van der Waals surface area contributed by atoms with Crippen LogP contribution in [-0.4, -0.2) is 8.75 Å². The van der Waals surface area contributed by atoms with Crippen molar-refractivity contribution in [2.45, 2.75) is 0 Å². The molecule has 0 aliphatic rings. The van der Waals surface area contributed by atoms with Gasteiger partial charge in [-0.1, -0.05) is 133 Å². The fourth-order valence-corrected chi connectivity index (χ4v) is 7.34. The van der Waals surface area contributed by atoms with Crippen LogP contribution in [0.2, 0.25) is 0 Å². The molecule has 9 rings (SSSR count). The second-order valence-electron chi connectivity index (χ2n) is 12.0. The lowest BCUT2D eigenvalue weighted by Crippen LogP contribution is -1.87. The van der Waals surface area contributed by atoms with Gasteiger partial charge in [0, 0.05) is 10.8 Å². The first-order valence-electron chi connectivity index (χ1n) is 15.8. The number of rotatable bonds is 5. The van der Waals surface area contributed by atoms with Gasteiger partial charge in [0.05, 0.1) is 11.7 Å². The predicted octanol–water partition coefficient (Wildman–Crippen LogP) is 12.3. The summed E-state index contributed by atoms with van der Waals surface area (Å²) >= 11 is 1.28. The lowest BCUT2D eigenvalue weighted by atomic mass is 9.91. The number of hydrogen-bond donors (Lipinski definition) is 0. The molecule has 0 amide bonds. The Hall–Kier alpha value is -5.90. The summed E-state index contributed by atoms with van der Waals surface area (Å²) < 4.78 is 9.38. The van der Waals surface area contributed by atoms with E-state index in [2.05, 4.69) is 174 Å². The quantitative estimate of drug-likeness (QED) is 0.180. The van der Waals surface area contributed by atoms with E-state index in [0.717, 1.165) is 21.8 Å². The maximum Gasteiger partial charge on any atom is 0.113 e. The van der Waals surface area contributed by atoms with Gasteiger partial charge in [-0.3, -0.25) is 0 Å². The first-order valence-corrected chi connectivity index (χ1v) is 16.6. The molecule has 0 N–H and O–H groups in total. The van der Waals surface area contributed by atoms with Gasteiger partial charge in [-0.05, 0) is 103 Å². The first kappa shape index (κ1) is 27.4. The van der Waals surface area contributed by atoms with Crippen LogP contribution in [0, 0.1) is 0 Å². The van der Waals surface area contributed by atoms with Crippen molar-refractivity contribution in [3.8, 4) is 55.6 Å². The van der Waals surface area contributed by atoms with Gasteiger partial charge in [-0.2, -0.15) is 8.75 Å². The summed E-state index contributed by atoms with van der Waals surface area (Å²) in [5.74, 6) is 0. The molecular weight excluding hydrogens is 589 g/mol. The van der Waals surface area contributed by atoms with Gasteiger partial charge in [0.15, 0.2) is 0 Å². The van der Waals surface area contributed by atoms with E-state index in [1.165, 1.54) is 78.1 Å². The molecule has 0 fully saturated rings. The molecule has 47 heavy (non-hydrogen) atoms. The van der Waals surface area contributed by atoms with Gasteiger partial charge in [-0.25, -0.2) is 0 Å². The third-order valence-corrected chi connectivity index (χ3v) is 9.64. The topological polar surface area (TPSA) is 25.8 Å². The molecule has 0 saturated carbocycles. The largest absolute Gasteiger partial charge is 0.172 e. The number of aromatic nitrogens is 2. The van der Waals surface area contributed by atoms with Crippen LogP contribution in [-0.2, 0) is 0 Å². The summed E-state index contributed by atoms with van der Waals surface area (Å²) in [5, 5.41) is 4.72. The molecule has 9 aromatic rings. The molecule has 8 aromatic carbocycles. The van der Waals surface area contributed by atoms with Crippen LogP contribution in [0.4, 0.5) is 0 Å². The minimum atomic E-state index is 0.974. The van der Waals surface area contributed by atoms with Crippen LogP contribution >= 0.6 is 11.7 Å². The van der Waals surface area contributed by atoms with E-state index >= 15 is 0 Å². The van der Waals surface area contributed by atoms with E-state index in [4.69, 9.17) is 4.37 Å². The van der Waals surface area contributed by atoms with Crippen LogP contribution in [0.5, 0.6) is 0 Å². The molecule has 0 spiro atoms. The van der Waals surface area contributed by atoms with E-state index in [1.54, 1.807) is 0 Å². The second-order valence-corrected chi connectivity index (χ2v) is 12.5. The van der Waals surface area contributed by atoms with Crippen molar-refractivity contribution in [2.24, 2.45) is 0 Å². The van der Waals surface area contributed by atoms with Gasteiger partial charge >= 0.3 is 0 Å². The molecule has 1 aromatic heterocycles. The van der Waals surface area contributed by atoms with Gasteiger partial charge in [0.25, 0.3) is 0 Å². The number of hydrogen-bond acceptors (Lipinski definition) is 3. The zero-order chi connectivity index (χ0) is 31.2. The minimum Gasteiger partial charge on any atom is -0.172 e. The third kappa shape index (κ3) is 4.98. The molecule has 0 unspecified atom stereocenters. The average molecular weight is 617 g/mol. The van der Waals surface area contributed by atoms with Crippen molar-refractivity contribution in [1.82, 2.24) is 8.75 Å². The van der Waals surface area contributed by atoms with E-state index in [1.807, 2.05) is 0 Å². The molecule has 0 atom stereocenters. The highest BCUT2D eigenvalue weighted by Gasteiger charge is 2.14. The molecule has 2 nitrogen and oxygen atoms in total. The van der Waals surface area contributed by atoms with E-state index in [-0.39, 0.29) is 0 Å². The zero-order valence-electron chi connectivity index (χ0n) is 25.5. The molecule has 220 valence electrons. The summed E-state index contributed by atoms with van der Waals surface area (Å²) in [6, 6.07) is 61.2. The van der Waals surface area contributed by atoms with Crippen molar-refractivity contribution < 1.29 is 0 Å². The van der Waals surface area contributed by atoms with Crippen LogP contribution < -0.4 is 0 Å². The Bertz CT molecular complexity index is 2510. The summed E-state index contributed by atoms with van der Waals surface area (Å²) in [6.07, 6.45) is 0. The standard InChI is InChI=1S/C44H28N2S/c1-3-11-29(12-4-1)36-25-37(30-13-5-2-6-14-30)27-38(26-36)34-18-10-16-32(24-34)31-15-9-17-33(23-31)35-21-22-40-39-19-7-8-20-41(39)43-44(42(40)28-35)46-47-45-43/h1-28H. The Morgan fingerprint density at radius 2 is 0.638 bits per heavy atom. The van der Waals surface area contributed by atoms with Crippen molar-refractivity contribution in [3.05, 3.63) is 170 Å². The van der Waals surface area contributed by atoms with Crippen molar-refractivity contribution in [1.29, 1.82) is 0 Å². The molecule has 1 heterocycles. The molecular formula is C44H28N2S. The maximum absolute atomic E-state index is 4.72. The second kappa shape index (κ2) is 11.5. The van der Waals surface area contributed by atoms with E-state index in [9.17, 15) is 0 Å². The summed E-state index contributed by atoms with van der Waals surface area (Å²) in [6.45, 7) is 0. The first-order chi connectivity index (χ1) is 23.3. The minimum absolute atomic E-state index is 0.974. The van der Waals surface area contributed by atoms with Gasteiger partial charge < -0.3 is 0 Å². The van der Waals surface area contributed by atoms with Crippen molar-refractivity contribution in [3.63, 3.8) is 0 Å². The maximum atomic E-state index is 4.72. The zero-order valence-corrected chi connectivity index (χ0v) is 26.3. The Balaban J connectivity index is 1.13. The molecule has 0 aliphatic carbocycles. The Labute approximate surface area is 277 Å². The van der Waals surface area contributed by atoms with Crippen LogP contribution in [0.3, 0.4) is 0 Å². The van der Waals surface area contributed by atoms with E-state index < -0.39 is 0 Å². The smallest absolute Gasteiger partial charge is 0.113 e. The van der Waals surface area contributed by atoms with Gasteiger partial charge in [-0.15, -0.1) is 0 Å². The number of nitrogens with zero attached hydrogens (tertiary/aromatic N) is 2. The van der Waals surface area contributed by atoms with Crippen molar-refractivity contribution in [2.75, 3.05) is 0 Å². The predicted molar refractivity (Wildman–Crippen MR) is 200 cm³/mol. The fourth-order valence-electron chi connectivity index (χ4n) is 6.77. The monoisotopic (exact) mass is 616 g/mol. The SMILES string of the molecule is c1ccc(-c2cc(-c3ccccc3)cc(-c3cccc(-c4cccc(-c5ccc6c7ccccc7c7nsnc7c6c5)c4)c3)c2)cc1. The normalized spacial score (nSPS) is 11.4. The Morgan fingerprint density at radius 3 is 1.21 bits per heavy atom. The highest BCUT2D eigenvalue weighted by atomic mass is 32.1. The highest BCUT2D eigenvalue weighted by Crippen LogP contribution is 2.38. The summed E-state index contributed by atoms with van der Waals surface area (Å²) in [4.78, 5) is 0. The lowest BCUT2D eigenvalue weighted by Gasteiger charge is -2.13. The molecule has 0 bridgehead atoms. The summed E-state index contributed by atoms with van der Waals surface area (Å²) in [5.41, 5.74) is 13.9.